The van der Waals surface area contributed by atoms with Gasteiger partial charge < -0.3 is 4.42 Å². The van der Waals surface area contributed by atoms with Crippen LogP contribution in [0.2, 0.25) is 0 Å². The first-order valence-electron chi connectivity index (χ1n) is 27.4. The molecule has 0 aliphatic rings. The quantitative estimate of drug-likeness (QED) is 0.173. The molecule has 0 spiro atoms. The second-order valence-electron chi connectivity index (χ2n) is 10.0. The molecule has 0 fully saturated rings. The summed E-state index contributed by atoms with van der Waals surface area (Å²) in [5.41, 5.74) is -5.65. The molecule has 0 aliphatic heterocycles. The smallest absolute Gasteiger partial charge is 0.143 e. The third-order valence-electron chi connectivity index (χ3n) is 7.52. The zero-order valence-corrected chi connectivity index (χ0v) is 23.6. The van der Waals surface area contributed by atoms with Gasteiger partial charge in [-0.3, -0.25) is 0 Å². The van der Waals surface area contributed by atoms with E-state index in [1.807, 2.05) is 0 Å². The van der Waals surface area contributed by atoms with Gasteiger partial charge in [0.25, 0.3) is 0 Å². The van der Waals surface area contributed by atoms with Crippen LogP contribution < -0.4 is 0 Å². The van der Waals surface area contributed by atoms with Gasteiger partial charge in [-0.1, -0.05) is 169 Å². The van der Waals surface area contributed by atoms with Gasteiger partial charge in [0.2, 0.25) is 0 Å². The van der Waals surface area contributed by atoms with E-state index in [0.717, 1.165) is 6.07 Å². The summed E-state index contributed by atoms with van der Waals surface area (Å²) in [6, 6.07) is -20.7. The van der Waals surface area contributed by atoms with Gasteiger partial charge in [-0.15, -0.1) is 0 Å². The van der Waals surface area contributed by atoms with E-state index >= 15 is 0 Å². The molecule has 0 saturated carbocycles. The Morgan fingerprint density at radius 1 is 0.340 bits per heavy atom. The first-order chi connectivity index (χ1) is 34.5. The summed E-state index contributed by atoms with van der Waals surface area (Å²) >= 11 is 0. The SMILES string of the molecule is [2H]c1c([2H])c([2H])c(-c2ccc3c(-c4c5c([2H])c([2H])c([2H])c([2H])c5c(-c5c([2H])c([2H])c([2H])c([2H])c5[2H])c5c([2H])c([2H])c([2H])c([2H])c45)c(-c4c([2H])c([2H])c([2H])c([2H])c4-c4c([2H])c([2H])c([2H])c([2H])c4[2H])oc3c2)c([2H])c1[2H]. The van der Waals surface area contributed by atoms with Crippen molar-refractivity contribution in [1.29, 1.82) is 0 Å². The molecule has 0 saturated heterocycles. The van der Waals surface area contributed by atoms with E-state index < -0.39 is 229 Å². The first-order valence-corrected chi connectivity index (χ1v) is 13.9. The molecule has 0 amide bonds. The fraction of sp³-hybridized carbons (Fsp3) is 0. The van der Waals surface area contributed by atoms with Gasteiger partial charge in [-0.2, -0.15) is 0 Å². The second kappa shape index (κ2) is 11.3. The highest BCUT2D eigenvalue weighted by atomic mass is 16.3. The van der Waals surface area contributed by atoms with Crippen molar-refractivity contribution in [3.05, 3.63) is 181 Å². The summed E-state index contributed by atoms with van der Waals surface area (Å²) < 4.78 is 246. The average Bonchev–Trinajstić information content (AvgIpc) is 3.75. The van der Waals surface area contributed by atoms with E-state index in [0.29, 0.717) is 0 Å². The third kappa shape index (κ3) is 4.56. The van der Waals surface area contributed by atoms with Crippen molar-refractivity contribution in [1.82, 2.24) is 0 Å². The molecule has 0 atom stereocenters. The Balaban J connectivity index is 1.65. The lowest BCUT2D eigenvalue weighted by Crippen LogP contribution is -1.92. The molecule has 9 aromatic rings. The molecule has 47 heavy (non-hydrogen) atoms. The van der Waals surface area contributed by atoms with E-state index in [1.165, 1.54) is 12.1 Å². The van der Waals surface area contributed by atoms with Crippen LogP contribution in [0.5, 0.6) is 0 Å². The molecule has 9 rings (SSSR count). The topological polar surface area (TPSA) is 13.1 Å². The maximum absolute atomic E-state index is 9.59. The van der Waals surface area contributed by atoms with Gasteiger partial charge in [-0.25, -0.2) is 0 Å². The minimum absolute atomic E-state index is 0.114. The zero-order chi connectivity index (χ0) is 54.7. The molecular formula is C46H30O. The van der Waals surface area contributed by atoms with Crippen molar-refractivity contribution in [2.75, 3.05) is 0 Å². The molecule has 0 aliphatic carbocycles. The predicted octanol–water partition coefficient (Wildman–Crippen LogP) is 13.1. The number of hydrogen-bond acceptors (Lipinski definition) is 1. The highest BCUT2D eigenvalue weighted by Crippen LogP contribution is 2.51. The molecule has 0 N–H and O–H groups in total. The molecule has 0 radical (unpaired) electrons. The largest absolute Gasteiger partial charge is 0.455 e. The number of rotatable bonds is 5. The van der Waals surface area contributed by atoms with Crippen LogP contribution in [0.1, 0.15) is 37.0 Å². The van der Waals surface area contributed by atoms with Crippen LogP contribution in [-0.4, -0.2) is 0 Å². The summed E-state index contributed by atoms with van der Waals surface area (Å²) in [6.07, 6.45) is 0. The zero-order valence-electron chi connectivity index (χ0n) is 50.6. The Morgan fingerprint density at radius 3 is 1.40 bits per heavy atom. The maximum atomic E-state index is 9.59. The van der Waals surface area contributed by atoms with Crippen LogP contribution in [0.25, 0.3) is 88.3 Å². The fourth-order valence-corrected chi connectivity index (χ4v) is 5.62. The van der Waals surface area contributed by atoms with Crippen molar-refractivity contribution < 1.29 is 41.4 Å². The normalized spacial score (nSPS) is 19.4. The molecule has 1 aromatic heterocycles. The van der Waals surface area contributed by atoms with Gasteiger partial charge in [0.05, 0.1) is 37.0 Å². The molecule has 220 valence electrons. The van der Waals surface area contributed by atoms with Gasteiger partial charge >= 0.3 is 0 Å². The number of fused-ring (bicyclic) bond motifs is 3. The summed E-state index contributed by atoms with van der Waals surface area (Å²) in [5.74, 6) is -0.745. The Hall–Kier alpha value is -6.18. The molecule has 1 nitrogen and oxygen atoms in total. The second-order valence-corrected chi connectivity index (χ2v) is 10.0. The average molecular weight is 626 g/mol. The van der Waals surface area contributed by atoms with E-state index in [1.54, 1.807) is 0 Å². The van der Waals surface area contributed by atoms with Crippen LogP contribution in [0.15, 0.2) is 186 Å². The van der Waals surface area contributed by atoms with Crippen molar-refractivity contribution >= 4 is 32.5 Å². The fourth-order valence-electron chi connectivity index (χ4n) is 5.62. The van der Waals surface area contributed by atoms with E-state index in [2.05, 4.69) is 0 Å². The highest BCUT2D eigenvalue weighted by Gasteiger charge is 2.25. The van der Waals surface area contributed by atoms with Crippen LogP contribution in [0, 0.1) is 0 Å². The van der Waals surface area contributed by atoms with Gasteiger partial charge in [0, 0.05) is 22.1 Å². The monoisotopic (exact) mass is 625 g/mol. The van der Waals surface area contributed by atoms with Crippen molar-refractivity contribution in [3.8, 4) is 55.8 Å². The number of hydrogen-bond donors (Lipinski definition) is 0. The first kappa shape index (κ1) is 11.3. The van der Waals surface area contributed by atoms with Crippen LogP contribution in [0.4, 0.5) is 0 Å². The lowest BCUT2D eigenvalue weighted by atomic mass is 9.84. The molecule has 8 aromatic carbocycles. The van der Waals surface area contributed by atoms with Gasteiger partial charge in [0.1, 0.15) is 11.3 Å². The van der Waals surface area contributed by atoms with Crippen LogP contribution in [0.3, 0.4) is 0 Å². The number of furan rings is 1. The van der Waals surface area contributed by atoms with Crippen molar-refractivity contribution in [3.63, 3.8) is 0 Å². The standard InChI is InChI=1S/C46H30O/c1-4-16-31(17-5-1)34-28-29-41-42(30-34)47-46(40-27-15-10-22-35(40)32-18-6-2-7-19-32)45(41)44-38-25-13-11-23-36(38)43(33-20-8-3-9-21-33)37-24-12-14-26-39(37)44/h1-30H/i1D,2D,3D,4D,5D,6D,7D,8D,9D,10D,11D,12D,13D,14D,15D,16D,17D,18D,19D,20D,21D,22D,23D,24D,25D,26D,27D. The molecule has 0 unspecified atom stereocenters. The van der Waals surface area contributed by atoms with Crippen LogP contribution >= 0.6 is 0 Å². The molecule has 0 bridgehead atoms. The summed E-state index contributed by atoms with van der Waals surface area (Å²) in [5, 5.41) is -2.86. The van der Waals surface area contributed by atoms with Crippen molar-refractivity contribution in [2.45, 2.75) is 0 Å². The lowest BCUT2D eigenvalue weighted by molar-refractivity contribution is 0.633. The Kier molecular flexibility index (Phi) is 2.71. The Bertz CT molecular complexity index is 3930. The molecule has 1 heterocycles. The Morgan fingerprint density at radius 2 is 0.809 bits per heavy atom. The molecule has 1 heteroatoms. The minimum Gasteiger partial charge on any atom is -0.455 e. The highest BCUT2D eigenvalue weighted by molar-refractivity contribution is 6.25. The summed E-state index contributed by atoms with van der Waals surface area (Å²) in [6.45, 7) is 0. The van der Waals surface area contributed by atoms with Gasteiger partial charge in [-0.05, 0) is 67.1 Å². The summed E-state index contributed by atoms with van der Waals surface area (Å²) in [7, 11) is 0. The predicted molar refractivity (Wildman–Crippen MR) is 198 cm³/mol. The molecular weight excluding hydrogens is 569 g/mol. The number of benzene rings is 8. The maximum Gasteiger partial charge on any atom is 0.143 e. The Labute approximate surface area is 311 Å². The summed E-state index contributed by atoms with van der Waals surface area (Å²) in [4.78, 5) is 0. The van der Waals surface area contributed by atoms with E-state index in [-0.39, 0.29) is 22.1 Å². The lowest BCUT2D eigenvalue weighted by Gasteiger charge is -2.18. The van der Waals surface area contributed by atoms with E-state index in [4.69, 9.17) is 33.2 Å². The third-order valence-corrected chi connectivity index (χ3v) is 7.52. The van der Waals surface area contributed by atoms with Crippen molar-refractivity contribution in [2.24, 2.45) is 0 Å². The van der Waals surface area contributed by atoms with Crippen LogP contribution in [-0.2, 0) is 0 Å². The van der Waals surface area contributed by atoms with Gasteiger partial charge in [0.15, 0.2) is 0 Å². The minimum atomic E-state index is -0.993. The van der Waals surface area contributed by atoms with E-state index in [9.17, 15) is 8.22 Å².